The maximum absolute atomic E-state index is 5.73. The Morgan fingerprint density at radius 1 is 1.00 bits per heavy atom. The summed E-state index contributed by atoms with van der Waals surface area (Å²) >= 11 is 2.24. The van der Waals surface area contributed by atoms with Gasteiger partial charge in [-0.05, 0) is 97.0 Å². The van der Waals surface area contributed by atoms with Gasteiger partial charge in [0.2, 0.25) is 17.8 Å². The van der Waals surface area contributed by atoms with E-state index < -0.39 is 0 Å². The van der Waals surface area contributed by atoms with Gasteiger partial charge in [0.05, 0.1) is 23.5 Å². The molecule has 1 saturated heterocycles. The molecule has 0 amide bonds. The first kappa shape index (κ1) is 29.6. The maximum Gasteiger partial charge on any atom is 0.250 e. The van der Waals surface area contributed by atoms with Gasteiger partial charge in [-0.15, -0.1) is 0 Å². The number of aryl methyl sites for hydroxylation is 1. The zero-order valence-electron chi connectivity index (χ0n) is 24.2. The Morgan fingerprint density at radius 2 is 1.74 bits per heavy atom. The van der Waals surface area contributed by atoms with Crippen LogP contribution in [0.25, 0.3) is 0 Å². The number of aromatic nitrogens is 3. The molecule has 42 heavy (non-hydrogen) atoms. The van der Waals surface area contributed by atoms with E-state index in [1.807, 2.05) is 31.2 Å². The van der Waals surface area contributed by atoms with Gasteiger partial charge in [-0.3, -0.25) is 0 Å². The van der Waals surface area contributed by atoms with Gasteiger partial charge in [0.1, 0.15) is 0 Å². The van der Waals surface area contributed by atoms with Gasteiger partial charge in [-0.25, -0.2) is 5.43 Å². The van der Waals surface area contributed by atoms with Gasteiger partial charge in [0.25, 0.3) is 0 Å². The SMILES string of the molecule is CCOc1c(I)cc(C=NNc2nc(Nc3ccc(C)cc3)nc(N3CCC(Cc4ccccc4)CC3)n2)cc1OC. The van der Waals surface area contributed by atoms with E-state index in [4.69, 9.17) is 19.4 Å². The van der Waals surface area contributed by atoms with Crippen molar-refractivity contribution < 1.29 is 9.47 Å². The third kappa shape index (κ3) is 7.87. The minimum Gasteiger partial charge on any atom is -0.493 e. The topological polar surface area (TPSA) is 96.8 Å². The molecule has 1 fully saturated rings. The number of piperidine rings is 1. The van der Waals surface area contributed by atoms with Crippen molar-refractivity contribution in [1.29, 1.82) is 0 Å². The first-order valence-electron chi connectivity index (χ1n) is 14.2. The van der Waals surface area contributed by atoms with Crippen molar-refractivity contribution in [2.75, 3.05) is 42.4 Å². The summed E-state index contributed by atoms with van der Waals surface area (Å²) in [6.07, 6.45) is 4.98. The summed E-state index contributed by atoms with van der Waals surface area (Å²) in [4.78, 5) is 16.4. The Bertz CT molecular complexity index is 1490. The highest BCUT2D eigenvalue weighted by Crippen LogP contribution is 2.33. The highest BCUT2D eigenvalue weighted by molar-refractivity contribution is 14.1. The molecule has 9 nitrogen and oxygen atoms in total. The number of nitrogens with one attached hydrogen (secondary N) is 2. The lowest BCUT2D eigenvalue weighted by atomic mass is 9.90. The highest BCUT2D eigenvalue weighted by Gasteiger charge is 2.22. The van der Waals surface area contributed by atoms with E-state index in [0.717, 1.165) is 52.9 Å². The summed E-state index contributed by atoms with van der Waals surface area (Å²) < 4.78 is 12.2. The normalized spacial score (nSPS) is 13.8. The lowest BCUT2D eigenvalue weighted by Gasteiger charge is -2.32. The van der Waals surface area contributed by atoms with Crippen LogP contribution in [0.4, 0.5) is 23.5 Å². The summed E-state index contributed by atoms with van der Waals surface area (Å²) in [5.41, 5.74) is 7.36. The van der Waals surface area contributed by atoms with Crippen LogP contribution >= 0.6 is 22.6 Å². The van der Waals surface area contributed by atoms with Crippen molar-refractivity contribution in [3.8, 4) is 11.5 Å². The number of rotatable bonds is 11. The molecule has 2 heterocycles. The molecule has 0 radical (unpaired) electrons. The molecule has 0 atom stereocenters. The summed E-state index contributed by atoms with van der Waals surface area (Å²) in [6, 6.07) is 22.7. The number of hydrogen-bond acceptors (Lipinski definition) is 9. The zero-order valence-corrected chi connectivity index (χ0v) is 26.3. The number of methoxy groups -OCH3 is 1. The second kappa shape index (κ2) is 14.3. The second-order valence-electron chi connectivity index (χ2n) is 10.2. The van der Waals surface area contributed by atoms with Crippen molar-refractivity contribution in [3.05, 3.63) is 87.0 Å². The van der Waals surface area contributed by atoms with Crippen LogP contribution < -0.4 is 25.1 Å². The van der Waals surface area contributed by atoms with Crippen molar-refractivity contribution >= 4 is 52.3 Å². The van der Waals surface area contributed by atoms with Crippen LogP contribution in [0.1, 0.15) is 36.5 Å². The lowest BCUT2D eigenvalue weighted by Crippen LogP contribution is -2.35. The average molecular weight is 678 g/mol. The summed E-state index contributed by atoms with van der Waals surface area (Å²) in [5, 5.41) is 7.76. The summed E-state index contributed by atoms with van der Waals surface area (Å²) in [7, 11) is 1.63. The highest BCUT2D eigenvalue weighted by atomic mass is 127. The Balaban J connectivity index is 1.33. The Morgan fingerprint density at radius 3 is 2.45 bits per heavy atom. The van der Waals surface area contributed by atoms with E-state index in [2.05, 4.69) is 97.7 Å². The Kier molecular flexibility index (Phi) is 10.1. The molecule has 0 bridgehead atoms. The largest absolute Gasteiger partial charge is 0.493 e. The van der Waals surface area contributed by atoms with Gasteiger partial charge in [0, 0.05) is 18.8 Å². The molecule has 2 N–H and O–H groups in total. The van der Waals surface area contributed by atoms with E-state index in [0.29, 0.717) is 36.1 Å². The number of anilines is 4. The van der Waals surface area contributed by atoms with Gasteiger partial charge >= 0.3 is 0 Å². The third-order valence-electron chi connectivity index (χ3n) is 7.11. The molecule has 0 aliphatic carbocycles. The molecule has 1 aliphatic rings. The van der Waals surface area contributed by atoms with Crippen molar-refractivity contribution in [3.63, 3.8) is 0 Å². The van der Waals surface area contributed by atoms with Crippen LogP contribution in [0.3, 0.4) is 0 Å². The Hall–Kier alpha value is -3.93. The predicted molar refractivity (Wildman–Crippen MR) is 177 cm³/mol. The number of hydrogen-bond donors (Lipinski definition) is 2. The van der Waals surface area contributed by atoms with Crippen LogP contribution in [0.2, 0.25) is 0 Å². The van der Waals surface area contributed by atoms with Crippen molar-refractivity contribution in [1.82, 2.24) is 15.0 Å². The zero-order chi connectivity index (χ0) is 29.3. The molecule has 1 aromatic heterocycles. The number of benzene rings is 3. The fourth-order valence-electron chi connectivity index (χ4n) is 4.93. The minimum absolute atomic E-state index is 0.366. The molecular weight excluding hydrogens is 641 g/mol. The fourth-order valence-corrected chi connectivity index (χ4v) is 5.71. The fraction of sp³-hybridized carbons (Fsp3) is 0.312. The number of ether oxygens (including phenoxy) is 2. The average Bonchev–Trinajstić information content (AvgIpc) is 3.00. The number of nitrogens with zero attached hydrogens (tertiary/aromatic N) is 5. The number of halogens is 1. The standard InChI is InChI=1S/C32H36IN7O2/c1-4-42-29-27(33)19-25(20-28(29)41-3)21-34-39-31-36-30(35-26-12-10-22(2)11-13-26)37-32(38-31)40-16-14-24(15-17-40)18-23-8-6-5-7-9-23/h5-13,19-21,24H,4,14-18H2,1-3H3,(H2,35,36,37,38,39). The maximum atomic E-state index is 5.73. The van der Waals surface area contributed by atoms with E-state index in [1.165, 1.54) is 11.1 Å². The molecule has 1 aliphatic heterocycles. The molecule has 5 rings (SSSR count). The van der Waals surface area contributed by atoms with Gasteiger partial charge in [-0.1, -0.05) is 48.0 Å². The van der Waals surface area contributed by atoms with E-state index >= 15 is 0 Å². The summed E-state index contributed by atoms with van der Waals surface area (Å²) in [5.74, 6) is 3.50. The van der Waals surface area contributed by atoms with E-state index in [-0.39, 0.29) is 0 Å². The molecule has 0 saturated carbocycles. The van der Waals surface area contributed by atoms with E-state index in [1.54, 1.807) is 13.3 Å². The predicted octanol–water partition coefficient (Wildman–Crippen LogP) is 6.84. The molecular formula is C32H36IN7O2. The molecule has 0 unspecified atom stereocenters. The lowest BCUT2D eigenvalue weighted by molar-refractivity contribution is 0.308. The first-order valence-corrected chi connectivity index (χ1v) is 15.3. The van der Waals surface area contributed by atoms with Gasteiger partial charge in [-0.2, -0.15) is 20.1 Å². The van der Waals surface area contributed by atoms with Crippen LogP contribution in [0.15, 0.2) is 71.8 Å². The molecule has 10 heteroatoms. The Labute approximate surface area is 260 Å². The van der Waals surface area contributed by atoms with Gasteiger partial charge in [0.15, 0.2) is 11.5 Å². The van der Waals surface area contributed by atoms with Crippen LogP contribution in [0.5, 0.6) is 11.5 Å². The first-order chi connectivity index (χ1) is 20.5. The van der Waals surface area contributed by atoms with Crippen molar-refractivity contribution in [2.45, 2.75) is 33.1 Å². The van der Waals surface area contributed by atoms with E-state index in [9.17, 15) is 0 Å². The van der Waals surface area contributed by atoms with Crippen LogP contribution in [-0.4, -0.2) is 48.0 Å². The molecule has 0 spiro atoms. The smallest absolute Gasteiger partial charge is 0.250 e. The van der Waals surface area contributed by atoms with Crippen molar-refractivity contribution in [2.24, 2.45) is 11.0 Å². The minimum atomic E-state index is 0.366. The van der Waals surface area contributed by atoms with Gasteiger partial charge < -0.3 is 19.7 Å². The molecule has 218 valence electrons. The van der Waals surface area contributed by atoms with Crippen LogP contribution in [-0.2, 0) is 6.42 Å². The quantitative estimate of drug-likeness (QED) is 0.101. The number of hydrazone groups is 1. The summed E-state index contributed by atoms with van der Waals surface area (Å²) in [6.45, 7) is 6.35. The van der Waals surface area contributed by atoms with Crippen LogP contribution in [0, 0.1) is 16.4 Å². The monoisotopic (exact) mass is 677 g/mol. The second-order valence-corrected chi connectivity index (χ2v) is 11.4. The molecule has 3 aromatic carbocycles. The molecule has 4 aromatic rings. The third-order valence-corrected chi connectivity index (χ3v) is 7.92.